The maximum absolute atomic E-state index is 4.27. The Balaban J connectivity index is 1.25. The number of fused-ring (bicyclic) bond motifs is 7. The Kier molecular flexibility index (Phi) is 7.90. The van der Waals surface area contributed by atoms with Crippen LogP contribution in [0.1, 0.15) is 0 Å². The average molecular weight is 786 g/mol. The second-order valence-corrected chi connectivity index (χ2v) is 20.2. The third kappa shape index (κ3) is 5.07. The quantitative estimate of drug-likeness (QED) is 0.163. The number of aromatic nitrogens is 1. The number of hydrogen-bond acceptors (Lipinski definition) is 4. The number of anilines is 6. The molecule has 0 bridgehead atoms. The van der Waals surface area contributed by atoms with E-state index in [9.17, 15) is 0 Å². The highest BCUT2D eigenvalue weighted by Gasteiger charge is 2.54. The lowest BCUT2D eigenvalue weighted by atomic mass is 9.34. The van der Waals surface area contributed by atoms with E-state index in [1.165, 1.54) is 75.2 Å². The summed E-state index contributed by atoms with van der Waals surface area (Å²) >= 11 is 1.91. The van der Waals surface area contributed by atoms with E-state index in [4.69, 9.17) is 0 Å². The normalized spacial score (nSPS) is 14.1. The van der Waals surface area contributed by atoms with E-state index in [0.29, 0.717) is 0 Å². The zero-order chi connectivity index (χ0) is 38.9. The van der Waals surface area contributed by atoms with E-state index in [1.807, 2.05) is 24.2 Å². The highest BCUT2D eigenvalue weighted by molar-refractivity contribution is 8.00. The zero-order valence-corrected chi connectivity index (χ0v) is 33.9. The summed E-state index contributed by atoms with van der Waals surface area (Å²) in [6.45, 7) is 0.0524. The van der Waals surface area contributed by atoms with Crippen molar-refractivity contribution in [3.63, 3.8) is 0 Å². The van der Waals surface area contributed by atoms with Crippen molar-refractivity contribution in [3.8, 4) is 11.1 Å². The Labute approximate surface area is 350 Å². The van der Waals surface area contributed by atoms with E-state index < -0.39 is 8.07 Å². The maximum atomic E-state index is 4.27. The molecule has 6 heteroatoms. The fourth-order valence-electron chi connectivity index (χ4n) is 10.1. The van der Waals surface area contributed by atoms with Crippen molar-refractivity contribution in [2.24, 2.45) is 0 Å². The van der Waals surface area contributed by atoms with E-state index in [1.54, 1.807) is 0 Å². The molecule has 4 heterocycles. The zero-order valence-electron chi connectivity index (χ0n) is 32.1. The van der Waals surface area contributed by atoms with Gasteiger partial charge in [-0.15, -0.1) is 0 Å². The molecule has 0 unspecified atom stereocenters. The lowest BCUT2D eigenvalue weighted by Crippen LogP contribution is -2.87. The van der Waals surface area contributed by atoms with Gasteiger partial charge in [0.15, 0.2) is 8.07 Å². The number of nitrogens with zero attached hydrogens (tertiary/aromatic N) is 3. The molecule has 0 amide bonds. The molecule has 0 N–H and O–H groups in total. The van der Waals surface area contributed by atoms with Gasteiger partial charge in [-0.1, -0.05) is 163 Å². The molecule has 3 aliphatic heterocycles. The largest absolute Gasteiger partial charge is 0.310 e. The minimum atomic E-state index is -2.99. The van der Waals surface area contributed by atoms with Gasteiger partial charge in [-0.25, -0.2) is 0 Å². The van der Waals surface area contributed by atoms with Gasteiger partial charge in [0, 0.05) is 34.4 Å². The molecule has 0 saturated heterocycles. The highest BCUT2D eigenvalue weighted by atomic mass is 32.2. The summed E-state index contributed by atoms with van der Waals surface area (Å²) in [5.41, 5.74) is 13.7. The van der Waals surface area contributed by atoms with Gasteiger partial charge < -0.3 is 9.80 Å². The number of rotatable bonds is 5. The molecular formula is C53H36BN3SSi. The van der Waals surface area contributed by atoms with Gasteiger partial charge in [-0.05, 0) is 103 Å². The monoisotopic (exact) mass is 785 g/mol. The number of para-hydroxylation sites is 3. The Morgan fingerprint density at radius 1 is 0.441 bits per heavy atom. The van der Waals surface area contributed by atoms with Crippen LogP contribution < -0.4 is 46.9 Å². The van der Waals surface area contributed by atoms with Crippen molar-refractivity contribution in [3.05, 3.63) is 219 Å². The first-order chi connectivity index (χ1) is 29.3. The molecule has 3 nitrogen and oxygen atoms in total. The average Bonchev–Trinajstić information content (AvgIpc) is 3.32. The number of benzene rings is 8. The van der Waals surface area contributed by atoms with Crippen LogP contribution in [0.2, 0.25) is 0 Å². The standard InChI is InChI=1S/C53H36BN3SSi/c1-4-16-39(17-5-1)57-45-24-12-10-22-43(45)54-44-23-11-15-27-49(44)59(41-18-6-2-7-19-41,42-20-8-3-9-21-42)50-36-47-53(52(57)51(50)54)58-48-26-14-13-25-46(48)56(47)40-30-28-37(29-31-40)38-32-34-55-35-33-38/h1-36H. The molecule has 1 aromatic heterocycles. The van der Waals surface area contributed by atoms with Crippen LogP contribution in [0, 0.1) is 0 Å². The second-order valence-electron chi connectivity index (χ2n) is 15.5. The van der Waals surface area contributed by atoms with Crippen LogP contribution in [0.3, 0.4) is 0 Å². The molecule has 12 rings (SSSR count). The summed E-state index contributed by atoms with van der Waals surface area (Å²) in [6, 6.07) is 77.2. The van der Waals surface area contributed by atoms with E-state index >= 15 is 0 Å². The summed E-state index contributed by atoms with van der Waals surface area (Å²) in [6.07, 6.45) is 3.73. The molecule has 0 saturated carbocycles. The van der Waals surface area contributed by atoms with Gasteiger partial charge in [-0.3, -0.25) is 4.98 Å². The van der Waals surface area contributed by atoms with Gasteiger partial charge in [0.05, 0.1) is 22.0 Å². The third-order valence-corrected chi connectivity index (χ3v) is 18.5. The third-order valence-electron chi connectivity index (χ3n) is 12.5. The first kappa shape index (κ1) is 34.2. The van der Waals surface area contributed by atoms with Crippen LogP contribution in [0.15, 0.2) is 228 Å². The van der Waals surface area contributed by atoms with Gasteiger partial charge in [0.2, 0.25) is 6.71 Å². The van der Waals surface area contributed by atoms with Crippen molar-refractivity contribution in [1.29, 1.82) is 0 Å². The Morgan fingerprint density at radius 3 is 1.71 bits per heavy atom. The fourth-order valence-corrected chi connectivity index (χ4v) is 16.6. The molecule has 0 atom stereocenters. The van der Waals surface area contributed by atoms with Crippen molar-refractivity contribution < 1.29 is 0 Å². The van der Waals surface area contributed by atoms with Crippen LogP contribution in [-0.2, 0) is 0 Å². The Bertz CT molecular complexity index is 3000. The van der Waals surface area contributed by atoms with Crippen LogP contribution >= 0.6 is 11.8 Å². The number of hydrogen-bond donors (Lipinski definition) is 0. The lowest BCUT2D eigenvalue weighted by molar-refractivity contribution is 1.15. The molecule has 59 heavy (non-hydrogen) atoms. The topological polar surface area (TPSA) is 19.4 Å². The van der Waals surface area contributed by atoms with Crippen LogP contribution in [0.4, 0.5) is 34.1 Å². The molecule has 8 aromatic carbocycles. The van der Waals surface area contributed by atoms with Gasteiger partial charge in [-0.2, -0.15) is 0 Å². The van der Waals surface area contributed by atoms with Crippen molar-refractivity contribution in [2.75, 3.05) is 9.80 Å². The fraction of sp³-hybridized carbons (Fsp3) is 0. The predicted octanol–water partition coefficient (Wildman–Crippen LogP) is 8.67. The Morgan fingerprint density at radius 2 is 1.00 bits per heavy atom. The molecular weight excluding hydrogens is 750 g/mol. The number of pyridine rings is 1. The molecule has 0 radical (unpaired) electrons. The first-order valence-corrected chi connectivity index (χ1v) is 23.1. The second kappa shape index (κ2) is 13.6. The summed E-state index contributed by atoms with van der Waals surface area (Å²) in [5, 5.41) is 5.69. The summed E-state index contributed by atoms with van der Waals surface area (Å²) in [5.74, 6) is 0. The van der Waals surface area contributed by atoms with E-state index in [2.05, 4.69) is 221 Å². The minimum Gasteiger partial charge on any atom is -0.310 e. The predicted molar refractivity (Wildman–Crippen MR) is 251 cm³/mol. The summed E-state index contributed by atoms with van der Waals surface area (Å²) < 4.78 is 0. The van der Waals surface area contributed by atoms with Gasteiger partial charge in [0.25, 0.3) is 0 Å². The first-order valence-electron chi connectivity index (χ1n) is 20.2. The smallest absolute Gasteiger partial charge is 0.246 e. The van der Waals surface area contributed by atoms with Gasteiger partial charge in [0.1, 0.15) is 0 Å². The Hall–Kier alpha value is -6.86. The molecule has 0 fully saturated rings. The SMILES string of the molecule is c1ccc(N2c3ccccc3B3c4ccccc4[Si](c4ccccc4)(c4ccccc4)c4cc5c(c2c43)Sc2ccccc2N5c2ccc(-c3ccncc3)cc2)cc1. The summed E-state index contributed by atoms with van der Waals surface area (Å²) in [4.78, 5) is 11.9. The van der Waals surface area contributed by atoms with Crippen LogP contribution in [0.5, 0.6) is 0 Å². The molecule has 0 spiro atoms. The van der Waals surface area contributed by atoms with Crippen molar-refractivity contribution in [1.82, 2.24) is 4.98 Å². The maximum Gasteiger partial charge on any atom is 0.246 e. The van der Waals surface area contributed by atoms with Crippen molar-refractivity contribution in [2.45, 2.75) is 9.79 Å². The van der Waals surface area contributed by atoms with Crippen LogP contribution in [-0.4, -0.2) is 19.8 Å². The molecule has 3 aliphatic rings. The van der Waals surface area contributed by atoms with Gasteiger partial charge >= 0.3 is 0 Å². The highest BCUT2D eigenvalue weighted by Crippen LogP contribution is 2.56. The molecule has 0 aliphatic carbocycles. The minimum absolute atomic E-state index is 0.0524. The van der Waals surface area contributed by atoms with E-state index in [-0.39, 0.29) is 6.71 Å². The molecule has 9 aromatic rings. The molecule has 276 valence electrons. The van der Waals surface area contributed by atoms with E-state index in [0.717, 1.165) is 16.9 Å². The summed E-state index contributed by atoms with van der Waals surface area (Å²) in [7, 11) is -2.99. The lowest BCUT2D eigenvalue weighted by Gasteiger charge is -2.49. The van der Waals surface area contributed by atoms with Crippen molar-refractivity contribution >= 4 is 97.8 Å². The van der Waals surface area contributed by atoms with Crippen LogP contribution in [0.25, 0.3) is 11.1 Å².